The van der Waals surface area contributed by atoms with Crippen LogP contribution in [0.1, 0.15) is 38.2 Å². The van der Waals surface area contributed by atoms with Crippen molar-refractivity contribution in [1.29, 1.82) is 0 Å². The molecule has 1 aliphatic heterocycles. The molecule has 0 aromatic heterocycles. The third-order valence-electron chi connectivity index (χ3n) is 3.75. The minimum absolute atomic E-state index is 0.0953. The van der Waals surface area contributed by atoms with Crippen molar-refractivity contribution in [1.82, 2.24) is 10.0 Å². The number of unbranched alkanes of at least 4 members (excludes halogenated alkanes) is 3. The van der Waals surface area contributed by atoms with Gasteiger partial charge in [0.2, 0.25) is 0 Å². The van der Waals surface area contributed by atoms with Crippen molar-refractivity contribution in [2.24, 2.45) is 4.99 Å². The lowest BCUT2D eigenvalue weighted by Gasteiger charge is -2.06. The van der Waals surface area contributed by atoms with Crippen molar-refractivity contribution in [3.8, 4) is 0 Å². The van der Waals surface area contributed by atoms with Gasteiger partial charge in [-0.2, -0.15) is 0 Å². The molecule has 2 N–H and O–H groups in total. The number of carbonyl (C=O) groups is 2. The van der Waals surface area contributed by atoms with E-state index in [1.807, 2.05) is 0 Å². The summed E-state index contributed by atoms with van der Waals surface area (Å²) in [5.74, 6) is -0.977. The molecule has 8 nitrogen and oxygen atoms in total. The molecule has 1 aromatic rings. The Balaban J connectivity index is 1.77. The molecule has 142 valence electrons. The Morgan fingerprint density at radius 2 is 1.96 bits per heavy atom. The van der Waals surface area contributed by atoms with Crippen LogP contribution in [0.5, 0.6) is 0 Å². The number of amides is 1. The number of rotatable bonds is 9. The van der Waals surface area contributed by atoms with Gasteiger partial charge in [-0.1, -0.05) is 38.3 Å². The fourth-order valence-electron chi connectivity index (χ4n) is 2.42. The van der Waals surface area contributed by atoms with Gasteiger partial charge in [0, 0.05) is 12.1 Å². The Morgan fingerprint density at radius 3 is 2.73 bits per heavy atom. The average Bonchev–Trinajstić information content (AvgIpc) is 2.89. The molecule has 0 fully saturated rings. The van der Waals surface area contributed by atoms with Crippen LogP contribution in [0.2, 0.25) is 0 Å². The zero-order chi connectivity index (χ0) is 19.0. The first-order chi connectivity index (χ1) is 12.4. The van der Waals surface area contributed by atoms with Gasteiger partial charge in [-0.25, -0.2) is 8.42 Å². The van der Waals surface area contributed by atoms with Gasteiger partial charge in [-0.05, 0) is 18.6 Å². The van der Waals surface area contributed by atoms with Crippen molar-refractivity contribution in [3.63, 3.8) is 0 Å². The van der Waals surface area contributed by atoms with Crippen molar-refractivity contribution in [2.75, 3.05) is 19.7 Å². The average molecular weight is 381 g/mol. The van der Waals surface area contributed by atoms with E-state index in [1.54, 1.807) is 18.2 Å². The molecule has 1 heterocycles. The molecule has 2 rings (SSSR count). The molecule has 0 saturated carbocycles. The van der Waals surface area contributed by atoms with E-state index in [0.717, 1.165) is 25.7 Å². The molecule has 1 aromatic carbocycles. The van der Waals surface area contributed by atoms with Crippen LogP contribution >= 0.6 is 0 Å². The fourth-order valence-corrected chi connectivity index (χ4v) is 3.67. The standard InChI is InChI=1S/C17H23N3O5S/c1-2-3-4-7-10-18-15(21)12-25-16(22)11-19-17-13-8-5-6-9-14(13)26(23,24)20-17/h5-6,8-9H,2-4,7,10-12H2,1H3,(H,18,21)(H,19,20). The quantitative estimate of drug-likeness (QED) is 0.489. The first-order valence-electron chi connectivity index (χ1n) is 8.53. The highest BCUT2D eigenvalue weighted by molar-refractivity contribution is 7.90. The minimum atomic E-state index is -3.64. The van der Waals surface area contributed by atoms with E-state index < -0.39 is 16.0 Å². The van der Waals surface area contributed by atoms with Gasteiger partial charge in [0.1, 0.15) is 12.4 Å². The summed E-state index contributed by atoms with van der Waals surface area (Å²) in [5.41, 5.74) is 0.408. The van der Waals surface area contributed by atoms with Crippen LogP contribution in [0.3, 0.4) is 0 Å². The smallest absolute Gasteiger partial charge is 0.328 e. The molecule has 0 radical (unpaired) electrons. The zero-order valence-corrected chi connectivity index (χ0v) is 15.5. The number of benzene rings is 1. The number of hydrogen-bond donors (Lipinski definition) is 2. The first kappa shape index (κ1) is 19.9. The Morgan fingerprint density at radius 1 is 1.19 bits per heavy atom. The van der Waals surface area contributed by atoms with Crippen molar-refractivity contribution in [3.05, 3.63) is 29.8 Å². The van der Waals surface area contributed by atoms with Gasteiger partial charge in [0.25, 0.3) is 15.9 Å². The van der Waals surface area contributed by atoms with Crippen molar-refractivity contribution in [2.45, 2.75) is 37.5 Å². The van der Waals surface area contributed by atoms with E-state index in [9.17, 15) is 18.0 Å². The number of hydrogen-bond acceptors (Lipinski definition) is 6. The highest BCUT2D eigenvalue weighted by atomic mass is 32.2. The summed E-state index contributed by atoms with van der Waals surface area (Å²) in [7, 11) is -3.64. The molecular formula is C17H23N3O5S. The molecule has 1 amide bonds. The SMILES string of the molecule is CCCCCCNC(=O)COC(=O)CN=C1NS(=O)(=O)c2ccccc21. The molecule has 9 heteroatoms. The Bertz CT molecular complexity index is 789. The molecule has 1 aliphatic rings. The summed E-state index contributed by atoms with van der Waals surface area (Å²) in [6, 6.07) is 6.35. The summed E-state index contributed by atoms with van der Waals surface area (Å²) in [6.07, 6.45) is 4.18. The summed E-state index contributed by atoms with van der Waals surface area (Å²) in [5, 5.41) is 2.67. The van der Waals surface area contributed by atoms with Gasteiger partial charge in [0.15, 0.2) is 6.61 Å². The lowest BCUT2D eigenvalue weighted by atomic mass is 10.2. The number of amidine groups is 1. The highest BCUT2D eigenvalue weighted by Gasteiger charge is 2.30. The maximum atomic E-state index is 11.9. The lowest BCUT2D eigenvalue weighted by molar-refractivity contribution is -0.147. The molecule has 0 bridgehead atoms. The van der Waals surface area contributed by atoms with Crippen LogP contribution in [0.25, 0.3) is 0 Å². The highest BCUT2D eigenvalue weighted by Crippen LogP contribution is 2.21. The summed E-state index contributed by atoms with van der Waals surface area (Å²) < 4.78 is 31.0. The monoisotopic (exact) mass is 381 g/mol. The van der Waals surface area contributed by atoms with E-state index >= 15 is 0 Å². The van der Waals surface area contributed by atoms with Crippen LogP contribution in [-0.4, -0.2) is 45.8 Å². The van der Waals surface area contributed by atoms with Crippen LogP contribution in [-0.2, 0) is 24.3 Å². The van der Waals surface area contributed by atoms with Crippen molar-refractivity contribution < 1.29 is 22.7 Å². The van der Waals surface area contributed by atoms with E-state index in [1.165, 1.54) is 6.07 Å². The Kier molecular flexibility index (Phi) is 7.14. The van der Waals surface area contributed by atoms with Gasteiger partial charge < -0.3 is 10.1 Å². The van der Waals surface area contributed by atoms with Gasteiger partial charge in [-0.3, -0.25) is 19.3 Å². The summed E-state index contributed by atoms with van der Waals surface area (Å²) in [6.45, 7) is 1.91. The second kappa shape index (κ2) is 9.33. The summed E-state index contributed by atoms with van der Waals surface area (Å²) in [4.78, 5) is 27.4. The number of sulfonamides is 1. The van der Waals surface area contributed by atoms with Crippen molar-refractivity contribution >= 4 is 27.7 Å². The molecule has 0 unspecified atom stereocenters. The third kappa shape index (κ3) is 5.55. The predicted octanol–water partition coefficient (Wildman–Crippen LogP) is 0.965. The normalized spacial score (nSPS) is 16.0. The van der Waals surface area contributed by atoms with E-state index in [4.69, 9.17) is 4.74 Å². The minimum Gasteiger partial charge on any atom is -0.454 e. The van der Waals surface area contributed by atoms with Crippen LogP contribution in [0.15, 0.2) is 34.2 Å². The third-order valence-corrected chi connectivity index (χ3v) is 5.14. The zero-order valence-electron chi connectivity index (χ0n) is 14.7. The maximum Gasteiger partial charge on any atom is 0.328 e. The second-order valence-electron chi connectivity index (χ2n) is 5.84. The molecular weight excluding hydrogens is 358 g/mol. The topological polar surface area (TPSA) is 114 Å². The molecule has 0 atom stereocenters. The molecule has 0 aliphatic carbocycles. The number of esters is 1. The molecule has 0 saturated heterocycles. The number of ether oxygens (including phenoxy) is 1. The number of nitrogens with one attached hydrogen (secondary N) is 2. The van der Waals surface area contributed by atoms with Crippen LogP contribution in [0.4, 0.5) is 0 Å². The fraction of sp³-hybridized carbons (Fsp3) is 0.471. The first-order valence-corrected chi connectivity index (χ1v) is 10.0. The van der Waals surface area contributed by atoms with E-state index in [2.05, 4.69) is 22.0 Å². The second-order valence-corrected chi connectivity index (χ2v) is 7.49. The largest absolute Gasteiger partial charge is 0.454 e. The predicted molar refractivity (Wildman–Crippen MR) is 96.3 cm³/mol. The van der Waals surface area contributed by atoms with Gasteiger partial charge in [0.05, 0.1) is 4.90 Å². The molecule has 0 spiro atoms. The van der Waals surface area contributed by atoms with Gasteiger partial charge in [-0.15, -0.1) is 0 Å². The van der Waals surface area contributed by atoms with E-state index in [0.29, 0.717) is 12.1 Å². The van der Waals surface area contributed by atoms with E-state index in [-0.39, 0.29) is 29.8 Å². The number of fused-ring (bicyclic) bond motifs is 1. The number of aliphatic imine (C=N–C) groups is 1. The molecule has 26 heavy (non-hydrogen) atoms. The maximum absolute atomic E-state index is 11.9. The Labute approximate surface area is 153 Å². The number of carbonyl (C=O) groups excluding carboxylic acids is 2. The Hall–Kier alpha value is -2.42. The number of nitrogens with zero attached hydrogens (tertiary/aromatic N) is 1. The van der Waals surface area contributed by atoms with Crippen LogP contribution in [0, 0.1) is 0 Å². The lowest BCUT2D eigenvalue weighted by Crippen LogP contribution is -2.30. The van der Waals surface area contributed by atoms with Crippen LogP contribution < -0.4 is 10.0 Å². The van der Waals surface area contributed by atoms with Gasteiger partial charge >= 0.3 is 5.97 Å². The summed E-state index contributed by atoms with van der Waals surface area (Å²) >= 11 is 0.